The highest BCUT2D eigenvalue weighted by molar-refractivity contribution is 7.13. The number of hydrogen-bond donors (Lipinski definition) is 2. The number of hydrogen-bond acceptors (Lipinski definition) is 5. The molecule has 0 bridgehead atoms. The van der Waals surface area contributed by atoms with Crippen LogP contribution in [0.3, 0.4) is 0 Å². The Morgan fingerprint density at radius 2 is 1.96 bits per heavy atom. The maximum Gasteiger partial charge on any atom is 0.334 e. The van der Waals surface area contributed by atoms with Crippen LogP contribution in [0.2, 0.25) is 0 Å². The van der Waals surface area contributed by atoms with E-state index >= 15 is 0 Å². The maximum absolute atomic E-state index is 12.1. The van der Waals surface area contributed by atoms with E-state index in [1.807, 2.05) is 12.1 Å². The van der Waals surface area contributed by atoms with Gasteiger partial charge in [-0.1, -0.05) is 38.1 Å². The minimum Gasteiger partial charge on any atom is -0.479 e. The van der Waals surface area contributed by atoms with Gasteiger partial charge in [0.2, 0.25) is 0 Å². The van der Waals surface area contributed by atoms with Gasteiger partial charge >= 0.3 is 5.97 Å². The summed E-state index contributed by atoms with van der Waals surface area (Å²) in [4.78, 5) is 27.2. The first kappa shape index (κ1) is 18.1. The van der Waals surface area contributed by atoms with E-state index in [9.17, 15) is 9.59 Å². The molecule has 0 aliphatic rings. The largest absolute Gasteiger partial charge is 0.479 e. The van der Waals surface area contributed by atoms with Gasteiger partial charge in [0, 0.05) is 18.1 Å². The van der Waals surface area contributed by atoms with E-state index in [0.717, 1.165) is 10.6 Å². The van der Waals surface area contributed by atoms with Gasteiger partial charge in [-0.15, -0.1) is 11.3 Å². The number of carbonyl (C=O) groups excluding carboxylic acids is 1. The number of carboxylic acids is 1. The predicted octanol–water partition coefficient (Wildman–Crippen LogP) is 2.76. The lowest BCUT2D eigenvalue weighted by molar-refractivity contribution is -0.148. The number of thiazole rings is 1. The van der Waals surface area contributed by atoms with Gasteiger partial charge in [-0.3, -0.25) is 4.79 Å². The van der Waals surface area contributed by atoms with Crippen LogP contribution in [0.1, 0.15) is 35.8 Å². The third-order valence-corrected chi connectivity index (χ3v) is 4.46. The number of benzene rings is 1. The summed E-state index contributed by atoms with van der Waals surface area (Å²) >= 11 is 1.37. The Bertz CT molecular complexity index is 710. The SMILES string of the molecule is COC(CNC(=O)c1csc(-c2ccc(C(C)C)cc2)n1)C(=O)O. The molecule has 0 fully saturated rings. The third kappa shape index (κ3) is 4.39. The second-order valence-electron chi connectivity index (χ2n) is 5.59. The molecular weight excluding hydrogens is 328 g/mol. The number of methoxy groups -OCH3 is 1. The number of rotatable bonds is 7. The fourth-order valence-electron chi connectivity index (χ4n) is 2.07. The molecular formula is C17H20N2O4S. The fourth-order valence-corrected chi connectivity index (χ4v) is 2.87. The molecule has 0 saturated carbocycles. The Hall–Kier alpha value is -2.25. The Balaban J connectivity index is 2.04. The summed E-state index contributed by atoms with van der Waals surface area (Å²) in [5, 5.41) is 13.8. The highest BCUT2D eigenvalue weighted by Gasteiger charge is 2.19. The molecule has 2 aromatic rings. The van der Waals surface area contributed by atoms with Crippen LogP contribution in [0.15, 0.2) is 29.6 Å². The highest BCUT2D eigenvalue weighted by Crippen LogP contribution is 2.25. The van der Waals surface area contributed by atoms with Gasteiger partial charge in [-0.25, -0.2) is 9.78 Å². The van der Waals surface area contributed by atoms with Crippen molar-refractivity contribution in [2.75, 3.05) is 13.7 Å². The molecule has 0 aliphatic carbocycles. The van der Waals surface area contributed by atoms with Crippen molar-refractivity contribution in [1.82, 2.24) is 10.3 Å². The number of amides is 1. The van der Waals surface area contributed by atoms with Crippen molar-refractivity contribution in [2.45, 2.75) is 25.9 Å². The minimum atomic E-state index is -1.12. The summed E-state index contributed by atoms with van der Waals surface area (Å²) in [5.74, 6) is -1.08. The number of aliphatic carboxylic acids is 1. The minimum absolute atomic E-state index is 0.111. The van der Waals surface area contributed by atoms with Gasteiger partial charge in [-0.05, 0) is 11.5 Å². The van der Waals surface area contributed by atoms with E-state index in [4.69, 9.17) is 9.84 Å². The van der Waals surface area contributed by atoms with Crippen LogP contribution >= 0.6 is 11.3 Å². The van der Waals surface area contributed by atoms with Gasteiger partial charge in [0.1, 0.15) is 10.7 Å². The zero-order valence-corrected chi connectivity index (χ0v) is 14.6. The predicted molar refractivity (Wildman–Crippen MR) is 92.4 cm³/mol. The molecule has 128 valence electrons. The number of nitrogens with one attached hydrogen (secondary N) is 1. The quantitative estimate of drug-likeness (QED) is 0.803. The van der Waals surface area contributed by atoms with E-state index in [2.05, 4.69) is 36.3 Å². The van der Waals surface area contributed by atoms with E-state index < -0.39 is 18.0 Å². The molecule has 1 heterocycles. The van der Waals surface area contributed by atoms with Crippen molar-refractivity contribution in [3.8, 4) is 10.6 Å². The van der Waals surface area contributed by atoms with Crippen LogP contribution < -0.4 is 5.32 Å². The molecule has 0 radical (unpaired) electrons. The smallest absolute Gasteiger partial charge is 0.334 e. The number of aromatic nitrogens is 1. The Labute approximate surface area is 144 Å². The molecule has 2 rings (SSSR count). The summed E-state index contributed by atoms with van der Waals surface area (Å²) in [7, 11) is 1.28. The van der Waals surface area contributed by atoms with Crippen LogP contribution in [0, 0.1) is 0 Å². The monoisotopic (exact) mass is 348 g/mol. The average Bonchev–Trinajstić information content (AvgIpc) is 3.05. The Morgan fingerprint density at radius 3 is 2.50 bits per heavy atom. The molecule has 0 saturated heterocycles. The van der Waals surface area contributed by atoms with Gasteiger partial charge in [-0.2, -0.15) is 0 Å². The normalized spacial score (nSPS) is 12.2. The number of carboxylic acid groups (broad SMARTS) is 1. The highest BCUT2D eigenvalue weighted by atomic mass is 32.1. The van der Waals surface area contributed by atoms with Crippen molar-refractivity contribution in [1.29, 1.82) is 0 Å². The Morgan fingerprint density at radius 1 is 1.29 bits per heavy atom. The van der Waals surface area contributed by atoms with Crippen molar-refractivity contribution in [2.24, 2.45) is 0 Å². The van der Waals surface area contributed by atoms with Gasteiger partial charge in [0.25, 0.3) is 5.91 Å². The van der Waals surface area contributed by atoms with Gasteiger partial charge < -0.3 is 15.2 Å². The van der Waals surface area contributed by atoms with Crippen LogP contribution in [0.4, 0.5) is 0 Å². The first-order chi connectivity index (χ1) is 11.4. The molecule has 0 spiro atoms. The molecule has 1 aromatic heterocycles. The molecule has 24 heavy (non-hydrogen) atoms. The van der Waals surface area contributed by atoms with Crippen molar-refractivity contribution in [3.05, 3.63) is 40.9 Å². The van der Waals surface area contributed by atoms with Crippen LogP contribution in [-0.2, 0) is 9.53 Å². The average molecular weight is 348 g/mol. The van der Waals surface area contributed by atoms with Crippen molar-refractivity contribution >= 4 is 23.2 Å². The summed E-state index contributed by atoms with van der Waals surface area (Å²) in [6.45, 7) is 4.15. The molecule has 0 aliphatic heterocycles. The van der Waals surface area contributed by atoms with Crippen LogP contribution in [0.25, 0.3) is 10.6 Å². The zero-order valence-electron chi connectivity index (χ0n) is 13.8. The topological polar surface area (TPSA) is 88.5 Å². The van der Waals surface area contributed by atoms with Crippen LogP contribution in [-0.4, -0.2) is 41.7 Å². The van der Waals surface area contributed by atoms with Crippen molar-refractivity contribution in [3.63, 3.8) is 0 Å². The third-order valence-electron chi connectivity index (χ3n) is 3.57. The molecule has 1 unspecified atom stereocenters. The first-order valence-corrected chi connectivity index (χ1v) is 8.40. The van der Waals surface area contributed by atoms with E-state index in [1.54, 1.807) is 5.38 Å². The summed E-state index contributed by atoms with van der Waals surface area (Å²) in [6.07, 6.45) is -1.07. The maximum atomic E-state index is 12.1. The van der Waals surface area contributed by atoms with Gasteiger partial charge in [0.15, 0.2) is 6.10 Å². The van der Waals surface area contributed by atoms with E-state index in [0.29, 0.717) is 5.92 Å². The molecule has 2 N–H and O–H groups in total. The van der Waals surface area contributed by atoms with E-state index in [-0.39, 0.29) is 12.2 Å². The number of ether oxygens (including phenoxy) is 1. The fraction of sp³-hybridized carbons (Fsp3) is 0.353. The summed E-state index contributed by atoms with van der Waals surface area (Å²) < 4.78 is 4.77. The van der Waals surface area contributed by atoms with E-state index in [1.165, 1.54) is 24.0 Å². The van der Waals surface area contributed by atoms with Gasteiger partial charge in [0.05, 0.1) is 6.54 Å². The lowest BCUT2D eigenvalue weighted by Crippen LogP contribution is -2.37. The van der Waals surface area contributed by atoms with Crippen LogP contribution in [0.5, 0.6) is 0 Å². The molecule has 6 nitrogen and oxygen atoms in total. The summed E-state index contributed by atoms with van der Waals surface area (Å²) in [5.41, 5.74) is 2.46. The second kappa shape index (κ2) is 8.03. The van der Waals surface area contributed by atoms with Crippen molar-refractivity contribution < 1.29 is 19.4 Å². The summed E-state index contributed by atoms with van der Waals surface area (Å²) in [6, 6.07) is 8.08. The standard InChI is InChI=1S/C17H20N2O4S/c1-10(2)11-4-6-12(7-5-11)16-19-13(9-24-16)15(20)18-8-14(23-3)17(21)22/h4-7,9-10,14H,8H2,1-3H3,(H,18,20)(H,21,22). The lowest BCUT2D eigenvalue weighted by atomic mass is 10.0. The molecule has 1 atom stereocenters. The zero-order chi connectivity index (χ0) is 17.7. The second-order valence-corrected chi connectivity index (χ2v) is 6.45. The molecule has 7 heteroatoms. The Kier molecular flexibility index (Phi) is 6.05. The molecule has 1 aromatic carbocycles. The lowest BCUT2D eigenvalue weighted by Gasteiger charge is -2.10. The number of carbonyl (C=O) groups is 2. The molecule has 1 amide bonds. The number of nitrogens with zero attached hydrogens (tertiary/aromatic N) is 1. The first-order valence-electron chi connectivity index (χ1n) is 7.52.